The van der Waals surface area contributed by atoms with Gasteiger partial charge in [0, 0.05) is 34.0 Å². The van der Waals surface area contributed by atoms with Gasteiger partial charge in [0.05, 0.1) is 26.4 Å². The Bertz CT molecular complexity index is 1940. The van der Waals surface area contributed by atoms with Crippen LogP contribution in [0.15, 0.2) is 127 Å². The van der Waals surface area contributed by atoms with Crippen LogP contribution in [0.5, 0.6) is 23.0 Å². The van der Waals surface area contributed by atoms with Crippen molar-refractivity contribution in [1.82, 2.24) is 0 Å². The van der Waals surface area contributed by atoms with Crippen molar-refractivity contribution in [3.05, 3.63) is 155 Å². The molecule has 15 N–H and O–H groups in total. The number of ether oxygens (including phenoxy) is 4. The van der Waals surface area contributed by atoms with Gasteiger partial charge in [0.15, 0.2) is 0 Å². The second kappa shape index (κ2) is 29.7. The molecular weight excluding hydrogens is 773 g/mol. The molecule has 0 atom stereocenters. The molecule has 0 bridgehead atoms. The van der Waals surface area contributed by atoms with Crippen LogP contribution in [0.1, 0.15) is 80.2 Å². The molecule has 0 aliphatic heterocycles. The van der Waals surface area contributed by atoms with E-state index in [4.69, 9.17) is 74.7 Å². The topological polar surface area (TPSA) is 286 Å². The van der Waals surface area contributed by atoms with Crippen LogP contribution in [0.4, 0.5) is 0 Å². The molecule has 0 aliphatic carbocycles. The maximum atomic E-state index is 7.35. The first-order valence-electron chi connectivity index (χ1n) is 19.6. The monoisotopic (exact) mass is 834 g/mol. The number of hydrogen-bond donors (Lipinski definition) is 10. The average Bonchev–Trinajstić information content (AvgIpc) is 3.25. The predicted octanol–water partition coefficient (Wildman–Crippen LogP) is 7.76. The largest absolute Gasteiger partial charge is 0.494 e. The number of nitrogen functional groups attached to an aromatic ring is 5. The molecule has 0 fully saturated rings. The number of unbranched alkanes of at least 4 members (excludes halogenated alkanes) is 5. The molecule has 0 unspecified atom stereocenters. The molecular formula is C47H62HeN10O4. The van der Waals surface area contributed by atoms with Gasteiger partial charge >= 0.3 is 0 Å². The maximum Gasteiger partial charge on any atom is 0.122 e. The van der Waals surface area contributed by atoms with Gasteiger partial charge in [-0.15, -0.1) is 0 Å². The van der Waals surface area contributed by atoms with Crippen LogP contribution < -0.4 is 47.6 Å². The fourth-order valence-electron chi connectivity index (χ4n) is 5.24. The van der Waals surface area contributed by atoms with Crippen LogP contribution in [-0.4, -0.2) is 55.6 Å². The molecule has 0 heterocycles. The van der Waals surface area contributed by atoms with Crippen molar-refractivity contribution in [3.63, 3.8) is 0 Å². The van der Waals surface area contributed by atoms with Crippen molar-refractivity contribution in [2.75, 3.05) is 26.4 Å². The van der Waals surface area contributed by atoms with Gasteiger partial charge in [-0.25, -0.2) is 0 Å². The second-order valence-electron chi connectivity index (χ2n) is 13.4. The summed E-state index contributed by atoms with van der Waals surface area (Å²) in [5, 5.41) is 36.4. The zero-order chi connectivity index (χ0) is 43.5. The Hall–Kier alpha value is -7.44. The molecule has 15 heteroatoms. The molecule has 326 valence electrons. The summed E-state index contributed by atoms with van der Waals surface area (Å²) in [6.07, 6.45) is 7.04. The quantitative estimate of drug-likeness (QED) is 0.0185. The number of hydrogen-bond acceptors (Lipinski definition) is 9. The van der Waals surface area contributed by atoms with Gasteiger partial charge in [0.25, 0.3) is 0 Å². The maximum absolute atomic E-state index is 7.35. The summed E-state index contributed by atoms with van der Waals surface area (Å²) in [7, 11) is 0. The minimum atomic E-state index is 0. The second-order valence-corrected chi connectivity index (χ2v) is 13.4. The predicted molar refractivity (Wildman–Crippen MR) is 248 cm³/mol. The third kappa shape index (κ3) is 21.0. The fraction of sp³-hybridized carbons (Fsp3) is 0.255. The van der Waals surface area contributed by atoms with E-state index < -0.39 is 0 Å². The van der Waals surface area contributed by atoms with Gasteiger partial charge in [-0.3, -0.25) is 27.0 Å². The standard InChI is InChI=1S/C20H26N4O2.C19H24N4O2.C7H8N2.CH4.He/c21-19(22)15-5-9-17(10-6-15)25-13-3-1-2-4-14-26-18-11-7-16(8-12-18)20(23)24;20-18(21)14-4-8-16(9-5-14)24-12-2-1-3-13-25-17-10-6-15(7-11-17)19(22)23;8-7(9)6-4-2-1-3-5-6;;/h5-12H,1-4,13-14H2,(H3,21,22)(H3,23,24);4-11H,1-3,12-13H2,(H3,20,21)(H3,22,23);1-5H,(H3,8,9);1H4;. The third-order valence-electron chi connectivity index (χ3n) is 8.65. The van der Waals surface area contributed by atoms with Crippen molar-refractivity contribution < 1.29 is 25.1 Å². The number of benzene rings is 5. The molecule has 5 aromatic rings. The van der Waals surface area contributed by atoms with E-state index in [0.717, 1.165) is 73.5 Å². The molecule has 0 radical (unpaired) electrons. The van der Waals surface area contributed by atoms with Crippen molar-refractivity contribution in [3.8, 4) is 23.0 Å². The van der Waals surface area contributed by atoms with Crippen LogP contribution >= 0.6 is 0 Å². The Morgan fingerprint density at radius 3 is 0.694 bits per heavy atom. The van der Waals surface area contributed by atoms with Gasteiger partial charge in [-0.1, -0.05) is 37.8 Å². The van der Waals surface area contributed by atoms with E-state index in [1.54, 1.807) is 48.5 Å². The van der Waals surface area contributed by atoms with Crippen LogP contribution in [0.3, 0.4) is 0 Å². The van der Waals surface area contributed by atoms with Crippen molar-refractivity contribution in [1.29, 1.82) is 27.0 Å². The van der Waals surface area contributed by atoms with Gasteiger partial charge in [-0.05, 0) is 142 Å². The smallest absolute Gasteiger partial charge is 0.122 e. The van der Waals surface area contributed by atoms with E-state index in [0.29, 0.717) is 48.7 Å². The van der Waals surface area contributed by atoms with Crippen LogP contribution in [-0.2, 0) is 0 Å². The van der Waals surface area contributed by atoms with E-state index in [2.05, 4.69) is 0 Å². The van der Waals surface area contributed by atoms with Crippen molar-refractivity contribution >= 4 is 29.2 Å². The van der Waals surface area contributed by atoms with E-state index in [1.807, 2.05) is 78.9 Å². The Labute approximate surface area is 366 Å². The van der Waals surface area contributed by atoms with Gasteiger partial charge in [0.2, 0.25) is 0 Å². The fourth-order valence-corrected chi connectivity index (χ4v) is 5.24. The molecule has 14 nitrogen and oxygen atoms in total. The summed E-state index contributed by atoms with van der Waals surface area (Å²) in [4.78, 5) is 0. The zero-order valence-electron chi connectivity index (χ0n) is 34.6. The Morgan fingerprint density at radius 2 is 0.500 bits per heavy atom. The summed E-state index contributed by atoms with van der Waals surface area (Å²) >= 11 is 0. The Balaban J connectivity index is 0.000000503. The first kappa shape index (κ1) is 52.6. The summed E-state index contributed by atoms with van der Waals surface area (Å²) in [5.74, 6) is 3.53. The summed E-state index contributed by atoms with van der Waals surface area (Å²) < 4.78 is 22.7. The SMILES string of the molecule is C.N=C(N)c1ccc(OCCCCCCOc2ccc(C(=N)N)cc2)cc1.N=C(N)c1ccc(OCCCCCOc2ccc(C(=N)N)cc2)cc1.N=C(N)c1ccccc1.[He]. The summed E-state index contributed by atoms with van der Waals surface area (Å²) in [6.45, 7) is 2.64. The van der Waals surface area contributed by atoms with E-state index in [1.165, 1.54) is 0 Å². The van der Waals surface area contributed by atoms with Gasteiger partial charge in [-0.2, -0.15) is 0 Å². The van der Waals surface area contributed by atoms with Crippen molar-refractivity contribution in [2.45, 2.75) is 52.4 Å². The van der Waals surface area contributed by atoms with Crippen LogP contribution in [0.2, 0.25) is 0 Å². The van der Waals surface area contributed by atoms with Crippen LogP contribution in [0, 0.1) is 33.2 Å². The zero-order valence-corrected chi connectivity index (χ0v) is 34.6. The molecule has 0 aliphatic rings. The van der Waals surface area contributed by atoms with Gasteiger partial charge < -0.3 is 47.6 Å². The van der Waals surface area contributed by atoms with E-state index in [9.17, 15) is 0 Å². The average molecular weight is 835 g/mol. The van der Waals surface area contributed by atoms with Gasteiger partial charge in [0.1, 0.15) is 52.2 Å². The molecule has 0 amide bonds. The summed E-state index contributed by atoms with van der Waals surface area (Å²) in [6, 6.07) is 38.1. The Morgan fingerprint density at radius 1 is 0.306 bits per heavy atom. The summed E-state index contributed by atoms with van der Waals surface area (Å²) in [5.41, 5.74) is 30.4. The molecule has 5 rings (SSSR count). The number of nitrogens with one attached hydrogen (secondary N) is 5. The molecule has 62 heavy (non-hydrogen) atoms. The third-order valence-corrected chi connectivity index (χ3v) is 8.65. The normalized spacial score (nSPS) is 9.74. The Kier molecular flexibility index (Phi) is 25.2. The molecule has 0 spiro atoms. The van der Waals surface area contributed by atoms with E-state index in [-0.39, 0.29) is 42.8 Å². The molecule has 0 aromatic heterocycles. The molecule has 5 aromatic carbocycles. The number of nitrogens with two attached hydrogens (primary N) is 5. The first-order chi connectivity index (χ1) is 28.9. The minimum absolute atomic E-state index is 0. The number of amidine groups is 5. The van der Waals surface area contributed by atoms with E-state index >= 15 is 0 Å². The molecule has 0 saturated carbocycles. The molecule has 0 saturated heterocycles. The van der Waals surface area contributed by atoms with Crippen LogP contribution in [0.25, 0.3) is 0 Å². The number of rotatable bonds is 22. The first-order valence-corrected chi connectivity index (χ1v) is 19.6. The van der Waals surface area contributed by atoms with Crippen molar-refractivity contribution in [2.24, 2.45) is 28.7 Å². The minimum Gasteiger partial charge on any atom is -0.494 e.